The van der Waals surface area contributed by atoms with Crippen molar-refractivity contribution in [2.45, 2.75) is 31.1 Å². The summed E-state index contributed by atoms with van der Waals surface area (Å²) in [5.41, 5.74) is 0. The van der Waals surface area contributed by atoms with Crippen LogP contribution in [0.3, 0.4) is 0 Å². The number of nitrogens with zero attached hydrogens (tertiary/aromatic N) is 3. The first kappa shape index (κ1) is 20.4. The number of benzene rings is 1. The number of hydrogen-bond acceptors (Lipinski definition) is 6. The van der Waals surface area contributed by atoms with Gasteiger partial charge in [-0.1, -0.05) is 0 Å². The van der Waals surface area contributed by atoms with Crippen LogP contribution in [0.5, 0.6) is 5.88 Å². The van der Waals surface area contributed by atoms with Crippen LogP contribution in [0.25, 0.3) is 0 Å². The van der Waals surface area contributed by atoms with Crippen molar-refractivity contribution in [3.63, 3.8) is 0 Å². The van der Waals surface area contributed by atoms with Gasteiger partial charge in [-0.05, 0) is 50.5 Å². The number of aromatic nitrogens is 2. The van der Waals surface area contributed by atoms with Gasteiger partial charge in [0.2, 0.25) is 11.8 Å². The molecule has 0 radical (unpaired) electrons. The molecule has 0 saturated carbocycles. The summed E-state index contributed by atoms with van der Waals surface area (Å²) < 4.78 is 18.6. The Morgan fingerprint density at radius 3 is 2.71 bits per heavy atom. The van der Waals surface area contributed by atoms with Crippen LogP contribution in [0.15, 0.2) is 35.2 Å². The van der Waals surface area contributed by atoms with Crippen molar-refractivity contribution in [2.75, 3.05) is 36.9 Å². The van der Waals surface area contributed by atoms with E-state index >= 15 is 0 Å². The first-order chi connectivity index (χ1) is 13.6. The van der Waals surface area contributed by atoms with Gasteiger partial charge in [0.15, 0.2) is 0 Å². The SMILES string of the molecule is Cc1nc(OCCNC(=O)CSc2ccc(F)cc2)cc(N2CCCCC2)n1. The summed E-state index contributed by atoms with van der Waals surface area (Å²) in [6.45, 7) is 4.61. The van der Waals surface area contributed by atoms with E-state index in [0.29, 0.717) is 24.9 Å². The second kappa shape index (κ2) is 10.3. The van der Waals surface area contributed by atoms with Crippen LogP contribution in [0, 0.1) is 12.7 Å². The van der Waals surface area contributed by atoms with Crippen LogP contribution < -0.4 is 15.0 Å². The number of aryl methyl sites for hydroxylation is 1. The molecular weight excluding hydrogens is 379 g/mol. The van der Waals surface area contributed by atoms with Gasteiger partial charge >= 0.3 is 0 Å². The van der Waals surface area contributed by atoms with E-state index in [-0.39, 0.29) is 17.5 Å². The van der Waals surface area contributed by atoms with Gasteiger partial charge in [0.05, 0.1) is 12.3 Å². The molecular formula is C20H25FN4O2S. The third kappa shape index (κ3) is 6.37. The Morgan fingerprint density at radius 2 is 1.96 bits per heavy atom. The van der Waals surface area contributed by atoms with Crippen molar-refractivity contribution in [3.8, 4) is 5.88 Å². The van der Waals surface area contributed by atoms with E-state index in [2.05, 4.69) is 20.2 Å². The maximum absolute atomic E-state index is 12.9. The number of carbonyl (C=O) groups excluding carboxylic acids is 1. The second-order valence-corrected chi connectivity index (χ2v) is 7.65. The maximum Gasteiger partial charge on any atom is 0.230 e. The van der Waals surface area contributed by atoms with Crippen LogP contribution in [0.2, 0.25) is 0 Å². The predicted octanol–water partition coefficient (Wildman–Crippen LogP) is 3.20. The number of anilines is 1. The Morgan fingerprint density at radius 1 is 1.21 bits per heavy atom. The fourth-order valence-electron chi connectivity index (χ4n) is 2.96. The van der Waals surface area contributed by atoms with Gasteiger partial charge in [0.25, 0.3) is 0 Å². The molecule has 2 aromatic rings. The predicted molar refractivity (Wildman–Crippen MR) is 108 cm³/mol. The second-order valence-electron chi connectivity index (χ2n) is 6.60. The van der Waals surface area contributed by atoms with Crippen LogP contribution in [-0.4, -0.2) is 47.9 Å². The van der Waals surface area contributed by atoms with E-state index in [4.69, 9.17) is 4.74 Å². The summed E-state index contributed by atoms with van der Waals surface area (Å²) in [4.78, 5) is 23.9. The van der Waals surface area contributed by atoms with Crippen molar-refractivity contribution in [1.82, 2.24) is 15.3 Å². The molecule has 28 heavy (non-hydrogen) atoms. The van der Waals surface area contributed by atoms with Gasteiger partial charge in [0, 0.05) is 24.1 Å². The monoisotopic (exact) mass is 404 g/mol. The molecule has 1 aliphatic heterocycles. The van der Waals surface area contributed by atoms with Crippen molar-refractivity contribution in [3.05, 3.63) is 42.0 Å². The molecule has 6 nitrogen and oxygen atoms in total. The fourth-order valence-corrected chi connectivity index (χ4v) is 3.69. The maximum atomic E-state index is 12.9. The summed E-state index contributed by atoms with van der Waals surface area (Å²) in [6, 6.07) is 7.96. The zero-order chi connectivity index (χ0) is 19.8. The standard InChI is InChI=1S/C20H25FN4O2S/c1-15-23-18(25-10-3-2-4-11-25)13-20(24-15)27-12-9-22-19(26)14-28-17-7-5-16(21)6-8-17/h5-8,13H,2-4,9-12,14H2,1H3,(H,22,26). The Balaban J connectivity index is 1.40. The summed E-state index contributed by atoms with van der Waals surface area (Å²) in [5.74, 6) is 2.01. The molecule has 0 atom stereocenters. The number of piperidine rings is 1. The molecule has 0 aliphatic carbocycles. The number of halogens is 1. The van der Waals surface area contributed by atoms with E-state index in [9.17, 15) is 9.18 Å². The lowest BCUT2D eigenvalue weighted by Gasteiger charge is -2.28. The normalized spacial score (nSPS) is 14.0. The number of nitrogens with one attached hydrogen (secondary N) is 1. The van der Waals surface area contributed by atoms with Crippen LogP contribution in [0.1, 0.15) is 25.1 Å². The highest BCUT2D eigenvalue weighted by atomic mass is 32.2. The van der Waals surface area contributed by atoms with Gasteiger partial charge in [0.1, 0.15) is 24.1 Å². The highest BCUT2D eigenvalue weighted by molar-refractivity contribution is 8.00. The third-order valence-corrected chi connectivity index (χ3v) is 5.35. The highest BCUT2D eigenvalue weighted by Crippen LogP contribution is 2.21. The highest BCUT2D eigenvalue weighted by Gasteiger charge is 2.14. The van der Waals surface area contributed by atoms with Crippen LogP contribution in [0.4, 0.5) is 10.2 Å². The molecule has 3 rings (SSSR count). The zero-order valence-electron chi connectivity index (χ0n) is 16.0. The van der Waals surface area contributed by atoms with Gasteiger partial charge < -0.3 is 15.0 Å². The molecule has 0 unspecified atom stereocenters. The number of amides is 1. The number of ether oxygens (including phenoxy) is 1. The quantitative estimate of drug-likeness (QED) is 0.538. The largest absolute Gasteiger partial charge is 0.476 e. The minimum absolute atomic E-state index is 0.0919. The fraction of sp³-hybridized carbons (Fsp3) is 0.450. The average molecular weight is 405 g/mol. The molecule has 8 heteroatoms. The summed E-state index contributed by atoms with van der Waals surface area (Å²) in [5, 5.41) is 2.81. The van der Waals surface area contributed by atoms with E-state index in [1.54, 1.807) is 12.1 Å². The molecule has 1 aliphatic rings. The third-order valence-electron chi connectivity index (χ3n) is 4.34. The Bertz CT molecular complexity index is 782. The molecule has 1 saturated heterocycles. The van der Waals surface area contributed by atoms with Gasteiger partial charge in [-0.25, -0.2) is 9.37 Å². The first-order valence-corrected chi connectivity index (χ1v) is 10.5. The topological polar surface area (TPSA) is 67.3 Å². The van der Waals surface area contributed by atoms with E-state index in [1.165, 1.54) is 43.2 Å². The molecule has 150 valence electrons. The summed E-state index contributed by atoms with van der Waals surface area (Å²) in [6.07, 6.45) is 3.63. The van der Waals surface area contributed by atoms with Crippen molar-refractivity contribution >= 4 is 23.5 Å². The van der Waals surface area contributed by atoms with Gasteiger partial charge in [-0.15, -0.1) is 11.8 Å². The Hall–Kier alpha value is -2.35. The molecule has 1 amide bonds. The molecule has 1 fully saturated rings. The summed E-state index contributed by atoms with van der Waals surface area (Å²) >= 11 is 1.37. The zero-order valence-corrected chi connectivity index (χ0v) is 16.8. The number of rotatable bonds is 8. The lowest BCUT2D eigenvalue weighted by molar-refractivity contribution is -0.118. The van der Waals surface area contributed by atoms with Gasteiger partial charge in [-0.3, -0.25) is 4.79 Å². The van der Waals surface area contributed by atoms with Crippen molar-refractivity contribution in [2.24, 2.45) is 0 Å². The molecule has 1 N–H and O–H groups in total. The van der Waals surface area contributed by atoms with Crippen molar-refractivity contribution in [1.29, 1.82) is 0 Å². The molecule has 0 spiro atoms. The average Bonchev–Trinajstić information content (AvgIpc) is 2.71. The minimum atomic E-state index is -0.283. The number of hydrogen-bond donors (Lipinski definition) is 1. The number of thioether (sulfide) groups is 1. The van der Waals surface area contributed by atoms with Crippen LogP contribution in [-0.2, 0) is 4.79 Å². The molecule has 1 aromatic heterocycles. The van der Waals surface area contributed by atoms with E-state index in [0.717, 1.165) is 23.8 Å². The lowest BCUT2D eigenvalue weighted by atomic mass is 10.1. The van der Waals surface area contributed by atoms with E-state index in [1.807, 2.05) is 13.0 Å². The Kier molecular flexibility index (Phi) is 7.47. The Labute approximate surface area is 168 Å². The van der Waals surface area contributed by atoms with E-state index < -0.39 is 0 Å². The van der Waals surface area contributed by atoms with Gasteiger partial charge in [-0.2, -0.15) is 4.98 Å². The summed E-state index contributed by atoms with van der Waals surface area (Å²) in [7, 11) is 0. The van der Waals surface area contributed by atoms with Crippen molar-refractivity contribution < 1.29 is 13.9 Å². The minimum Gasteiger partial charge on any atom is -0.476 e. The molecule has 0 bridgehead atoms. The molecule has 2 heterocycles. The van der Waals surface area contributed by atoms with Crippen LogP contribution >= 0.6 is 11.8 Å². The number of carbonyl (C=O) groups is 1. The lowest BCUT2D eigenvalue weighted by Crippen LogP contribution is -2.31. The first-order valence-electron chi connectivity index (χ1n) is 9.49. The molecule has 1 aromatic carbocycles. The smallest absolute Gasteiger partial charge is 0.230 e.